The molecule has 3 atom stereocenters. The molecule has 0 saturated carbocycles. The number of carbonyl (C=O) groups is 1. The van der Waals surface area contributed by atoms with Gasteiger partial charge in [0, 0.05) is 24.2 Å². The molecular formula is C27H28F3NO2. The molecule has 0 amide bonds. The molecule has 2 aromatic carbocycles. The third-order valence-corrected chi connectivity index (χ3v) is 6.61. The van der Waals surface area contributed by atoms with E-state index in [1.807, 2.05) is 30.9 Å². The van der Waals surface area contributed by atoms with E-state index in [-0.39, 0.29) is 23.1 Å². The zero-order chi connectivity index (χ0) is 23.7. The van der Waals surface area contributed by atoms with E-state index < -0.39 is 30.3 Å². The van der Waals surface area contributed by atoms with E-state index in [0.717, 1.165) is 34.8 Å². The van der Waals surface area contributed by atoms with Crippen LogP contribution in [-0.4, -0.2) is 37.2 Å². The zero-order valence-electron chi connectivity index (χ0n) is 19.1. The Bertz CT molecular complexity index is 1100. The van der Waals surface area contributed by atoms with Crippen molar-refractivity contribution in [2.24, 2.45) is 5.92 Å². The predicted octanol–water partition coefficient (Wildman–Crippen LogP) is 5.90. The maximum Gasteiger partial charge on any atom is 0.330 e. The average molecular weight is 456 g/mol. The van der Waals surface area contributed by atoms with Crippen LogP contribution in [0.15, 0.2) is 48.0 Å². The van der Waals surface area contributed by atoms with Gasteiger partial charge in [-0.05, 0) is 71.7 Å². The van der Waals surface area contributed by atoms with Gasteiger partial charge in [-0.3, -0.25) is 9.29 Å². The van der Waals surface area contributed by atoms with E-state index >= 15 is 8.78 Å². The van der Waals surface area contributed by atoms with Gasteiger partial charge in [-0.2, -0.15) is 0 Å². The van der Waals surface area contributed by atoms with E-state index in [4.69, 9.17) is 0 Å². The number of rotatable bonds is 6. The summed E-state index contributed by atoms with van der Waals surface area (Å²) in [6, 6.07) is 9.91. The standard InChI is InChI=1S/C27H28F3NO2/c1-16(14-28)15-31-17(2)10-21-20-7-5-4-6-19(20)13-22(21)27(31)26-23(29)11-18(12-24(26)30)8-9-25(32)33-3/h4-9,11-12,16-17,27H,10,13-15H2,1-3H3/b9-8+/t16-,17-,27+/m1/s1. The number of fused-ring (bicyclic) bond motifs is 2. The summed E-state index contributed by atoms with van der Waals surface area (Å²) in [4.78, 5) is 13.4. The fourth-order valence-corrected chi connectivity index (χ4v) is 5.05. The highest BCUT2D eigenvalue weighted by Gasteiger charge is 2.41. The summed E-state index contributed by atoms with van der Waals surface area (Å²) in [5, 5.41) is 0. The van der Waals surface area contributed by atoms with Crippen molar-refractivity contribution in [3.8, 4) is 0 Å². The number of ether oxygens (including phenoxy) is 1. The Kier molecular flexibility index (Phi) is 6.75. The van der Waals surface area contributed by atoms with Crippen molar-refractivity contribution in [1.29, 1.82) is 0 Å². The first-order valence-electron chi connectivity index (χ1n) is 11.2. The summed E-state index contributed by atoms with van der Waals surface area (Å²) in [6.07, 6.45) is 3.82. The molecular weight excluding hydrogens is 427 g/mol. The fourth-order valence-electron chi connectivity index (χ4n) is 5.05. The van der Waals surface area contributed by atoms with Crippen LogP contribution < -0.4 is 0 Å². The number of nitrogens with zero attached hydrogens (tertiary/aromatic N) is 1. The molecule has 1 heterocycles. The largest absolute Gasteiger partial charge is 0.466 e. The summed E-state index contributed by atoms with van der Waals surface area (Å²) in [6.45, 7) is 3.75. The quantitative estimate of drug-likeness (QED) is 0.401. The summed E-state index contributed by atoms with van der Waals surface area (Å²) < 4.78 is 49.0. The summed E-state index contributed by atoms with van der Waals surface area (Å²) in [5.74, 6) is -2.22. The van der Waals surface area contributed by atoms with Gasteiger partial charge in [0.15, 0.2) is 0 Å². The van der Waals surface area contributed by atoms with Crippen LogP contribution in [0.5, 0.6) is 0 Å². The van der Waals surface area contributed by atoms with Crippen LogP contribution in [0.4, 0.5) is 13.2 Å². The van der Waals surface area contributed by atoms with Gasteiger partial charge >= 0.3 is 5.97 Å². The SMILES string of the molecule is COC(=O)/C=C/c1cc(F)c([C@@H]2C3=C(C[C@@H](C)N2C[C@H](C)CF)c2ccccc2C3)c(F)c1. The van der Waals surface area contributed by atoms with Gasteiger partial charge in [0.1, 0.15) is 11.6 Å². The van der Waals surface area contributed by atoms with Gasteiger partial charge in [0.2, 0.25) is 0 Å². The van der Waals surface area contributed by atoms with Crippen LogP contribution in [0.2, 0.25) is 0 Å². The zero-order valence-corrected chi connectivity index (χ0v) is 19.1. The summed E-state index contributed by atoms with van der Waals surface area (Å²) >= 11 is 0. The van der Waals surface area contributed by atoms with Crippen molar-refractivity contribution < 1.29 is 22.7 Å². The molecule has 0 fully saturated rings. The van der Waals surface area contributed by atoms with Gasteiger partial charge in [0.25, 0.3) is 0 Å². The number of benzene rings is 2. The van der Waals surface area contributed by atoms with Crippen LogP contribution in [0.25, 0.3) is 11.6 Å². The molecule has 3 nitrogen and oxygen atoms in total. The van der Waals surface area contributed by atoms with Crippen molar-refractivity contribution in [1.82, 2.24) is 4.90 Å². The number of methoxy groups -OCH3 is 1. The Balaban J connectivity index is 1.82. The highest BCUT2D eigenvalue weighted by Crippen LogP contribution is 2.49. The molecule has 0 spiro atoms. The smallest absolute Gasteiger partial charge is 0.330 e. The number of hydrogen-bond donors (Lipinski definition) is 0. The monoisotopic (exact) mass is 455 g/mol. The lowest BCUT2D eigenvalue weighted by Crippen LogP contribution is -2.44. The van der Waals surface area contributed by atoms with Crippen LogP contribution in [0.3, 0.4) is 0 Å². The molecule has 2 aliphatic rings. The highest BCUT2D eigenvalue weighted by molar-refractivity contribution is 5.87. The lowest BCUT2D eigenvalue weighted by atomic mass is 9.84. The van der Waals surface area contributed by atoms with Crippen molar-refractivity contribution in [3.63, 3.8) is 0 Å². The van der Waals surface area contributed by atoms with Crippen LogP contribution in [0, 0.1) is 17.6 Å². The lowest BCUT2D eigenvalue weighted by molar-refractivity contribution is -0.134. The molecule has 33 heavy (non-hydrogen) atoms. The minimum Gasteiger partial charge on any atom is -0.466 e. The Morgan fingerprint density at radius 1 is 1.24 bits per heavy atom. The Morgan fingerprint density at radius 2 is 1.94 bits per heavy atom. The number of carbonyl (C=O) groups excluding carboxylic acids is 1. The molecule has 174 valence electrons. The van der Waals surface area contributed by atoms with Crippen LogP contribution >= 0.6 is 0 Å². The number of halogens is 3. The molecule has 0 aromatic heterocycles. The van der Waals surface area contributed by atoms with E-state index in [9.17, 15) is 9.18 Å². The van der Waals surface area contributed by atoms with Crippen LogP contribution in [-0.2, 0) is 16.0 Å². The number of alkyl halides is 1. The van der Waals surface area contributed by atoms with Crippen molar-refractivity contribution in [3.05, 3.63) is 81.9 Å². The van der Waals surface area contributed by atoms with Gasteiger partial charge < -0.3 is 4.74 Å². The van der Waals surface area contributed by atoms with E-state index in [0.29, 0.717) is 13.0 Å². The topological polar surface area (TPSA) is 29.5 Å². The van der Waals surface area contributed by atoms with Gasteiger partial charge in [-0.15, -0.1) is 0 Å². The van der Waals surface area contributed by atoms with Gasteiger partial charge in [-0.25, -0.2) is 13.6 Å². The van der Waals surface area contributed by atoms with Crippen molar-refractivity contribution in [2.75, 3.05) is 20.3 Å². The van der Waals surface area contributed by atoms with Gasteiger partial charge in [-0.1, -0.05) is 31.2 Å². The molecule has 0 saturated heterocycles. The third-order valence-electron chi connectivity index (χ3n) is 6.61. The molecule has 0 bridgehead atoms. The fraction of sp³-hybridized carbons (Fsp3) is 0.370. The molecule has 1 aliphatic heterocycles. The minimum absolute atomic E-state index is 0.00778. The van der Waals surface area contributed by atoms with E-state index in [1.54, 1.807) is 0 Å². The summed E-state index contributed by atoms with van der Waals surface area (Å²) in [5.41, 5.74) is 4.62. The Morgan fingerprint density at radius 3 is 2.61 bits per heavy atom. The molecule has 1 aliphatic carbocycles. The van der Waals surface area contributed by atoms with E-state index in [2.05, 4.69) is 16.9 Å². The Labute approximate surface area is 192 Å². The second-order valence-electron chi connectivity index (χ2n) is 9.00. The maximum atomic E-state index is 15.5. The Hall–Kier alpha value is -2.86. The number of hydrogen-bond acceptors (Lipinski definition) is 3. The average Bonchev–Trinajstić information content (AvgIpc) is 3.16. The number of esters is 1. The maximum absolute atomic E-state index is 15.5. The molecule has 2 aromatic rings. The molecule has 0 radical (unpaired) electrons. The predicted molar refractivity (Wildman–Crippen MR) is 123 cm³/mol. The van der Waals surface area contributed by atoms with Crippen molar-refractivity contribution >= 4 is 17.6 Å². The molecule has 4 rings (SSSR count). The highest BCUT2D eigenvalue weighted by atomic mass is 19.1. The second kappa shape index (κ2) is 9.56. The van der Waals surface area contributed by atoms with E-state index in [1.165, 1.54) is 25.3 Å². The van der Waals surface area contributed by atoms with Crippen LogP contribution in [0.1, 0.15) is 48.6 Å². The lowest BCUT2D eigenvalue weighted by Gasteiger charge is -2.43. The minimum atomic E-state index is -0.681. The first kappa shape index (κ1) is 23.3. The first-order chi connectivity index (χ1) is 15.8. The van der Waals surface area contributed by atoms with Crippen molar-refractivity contribution in [2.45, 2.75) is 38.8 Å². The van der Waals surface area contributed by atoms with Gasteiger partial charge in [0.05, 0.1) is 19.8 Å². The molecule has 6 heteroatoms. The molecule has 0 unspecified atom stereocenters. The summed E-state index contributed by atoms with van der Waals surface area (Å²) in [7, 11) is 1.24. The molecule has 0 N–H and O–H groups in total. The first-order valence-corrected chi connectivity index (χ1v) is 11.2. The third kappa shape index (κ3) is 4.49. The normalized spacial score (nSPS) is 21.3. The second-order valence-corrected chi connectivity index (χ2v) is 9.00.